The van der Waals surface area contributed by atoms with Gasteiger partial charge in [0.25, 0.3) is 0 Å². The molecule has 0 fully saturated rings. The molecule has 0 aromatic carbocycles. The van der Waals surface area contributed by atoms with Crippen LogP contribution in [0.4, 0.5) is 4.39 Å². The normalized spacial score (nSPS) is 18.0. The van der Waals surface area contributed by atoms with Gasteiger partial charge in [-0.2, -0.15) is 0 Å². The summed E-state index contributed by atoms with van der Waals surface area (Å²) in [5.74, 6) is 0.153. The predicted octanol–water partition coefficient (Wildman–Crippen LogP) is 1.54. The fourth-order valence-electron chi connectivity index (χ4n) is 0.721. The number of alkyl halides is 1. The van der Waals surface area contributed by atoms with Gasteiger partial charge in [-0.3, -0.25) is 0 Å². The molecule has 2 heteroatoms. The summed E-state index contributed by atoms with van der Waals surface area (Å²) in [6.45, 7) is 4.36. The lowest BCUT2D eigenvalue weighted by Gasteiger charge is -2.17. The topological polar surface area (TPSA) is 3.24 Å². The molecule has 0 aliphatic heterocycles. The Labute approximate surface area is 56.9 Å². The van der Waals surface area contributed by atoms with Crippen LogP contribution in [0.15, 0.2) is 0 Å². The van der Waals surface area contributed by atoms with Crippen LogP contribution >= 0.6 is 0 Å². The molecule has 2 unspecified atom stereocenters. The Balaban J connectivity index is 3.38. The average Bonchev–Trinajstić information content (AvgIpc) is 1.63. The van der Waals surface area contributed by atoms with Crippen molar-refractivity contribution in [2.75, 3.05) is 20.6 Å². The van der Waals surface area contributed by atoms with Crippen molar-refractivity contribution in [1.29, 1.82) is 0 Å². The van der Waals surface area contributed by atoms with E-state index < -0.39 is 6.17 Å². The maximum atomic E-state index is 12.4. The zero-order chi connectivity index (χ0) is 7.44. The Kier molecular flexibility index (Phi) is 3.78. The minimum Gasteiger partial charge on any atom is -0.309 e. The van der Waals surface area contributed by atoms with Crippen LogP contribution in [0.3, 0.4) is 0 Å². The van der Waals surface area contributed by atoms with Gasteiger partial charge in [0.1, 0.15) is 6.17 Å². The van der Waals surface area contributed by atoms with Crippen LogP contribution in [0.2, 0.25) is 0 Å². The van der Waals surface area contributed by atoms with E-state index in [0.29, 0.717) is 0 Å². The molecule has 0 aromatic rings. The first kappa shape index (κ1) is 8.89. The van der Waals surface area contributed by atoms with E-state index in [-0.39, 0.29) is 5.92 Å². The second kappa shape index (κ2) is 3.83. The summed E-state index contributed by atoms with van der Waals surface area (Å²) in [6.07, 6.45) is -0.688. The lowest BCUT2D eigenvalue weighted by molar-refractivity contribution is 0.215. The number of rotatable bonds is 3. The van der Waals surface area contributed by atoms with Crippen molar-refractivity contribution in [2.24, 2.45) is 5.92 Å². The van der Waals surface area contributed by atoms with Crippen molar-refractivity contribution >= 4 is 0 Å². The van der Waals surface area contributed by atoms with E-state index in [1.54, 1.807) is 6.92 Å². The van der Waals surface area contributed by atoms with E-state index in [9.17, 15) is 4.39 Å². The summed E-state index contributed by atoms with van der Waals surface area (Å²) in [6, 6.07) is 0. The number of halogens is 1. The highest BCUT2D eigenvalue weighted by molar-refractivity contribution is 4.61. The van der Waals surface area contributed by atoms with Crippen LogP contribution in [0.25, 0.3) is 0 Å². The van der Waals surface area contributed by atoms with Gasteiger partial charge in [0.2, 0.25) is 0 Å². The van der Waals surface area contributed by atoms with Gasteiger partial charge in [-0.1, -0.05) is 6.92 Å². The highest BCUT2D eigenvalue weighted by Crippen LogP contribution is 2.06. The molecule has 9 heavy (non-hydrogen) atoms. The predicted molar refractivity (Wildman–Crippen MR) is 38.3 cm³/mol. The molecule has 0 amide bonds. The van der Waals surface area contributed by atoms with Crippen molar-refractivity contribution in [3.63, 3.8) is 0 Å². The second-order valence-corrected chi connectivity index (χ2v) is 2.92. The molecule has 56 valence electrons. The molecule has 0 saturated carbocycles. The standard InChI is InChI=1S/C7H16FN/c1-6(7(2)8)5-9(3)4/h6-7H,5H2,1-4H3. The Morgan fingerprint density at radius 2 is 1.78 bits per heavy atom. The molecule has 0 heterocycles. The molecule has 2 atom stereocenters. The molecule has 1 nitrogen and oxygen atoms in total. The van der Waals surface area contributed by atoms with Crippen LogP contribution < -0.4 is 0 Å². The van der Waals surface area contributed by atoms with Crippen LogP contribution in [-0.2, 0) is 0 Å². The maximum Gasteiger partial charge on any atom is 0.101 e. The van der Waals surface area contributed by atoms with E-state index in [0.717, 1.165) is 6.54 Å². The van der Waals surface area contributed by atoms with Crippen LogP contribution in [0.1, 0.15) is 13.8 Å². The summed E-state index contributed by atoms with van der Waals surface area (Å²) in [5.41, 5.74) is 0. The first-order chi connectivity index (χ1) is 4.04. The Bertz CT molecular complexity index is 71.3. The molecule has 0 N–H and O–H groups in total. The zero-order valence-corrected chi connectivity index (χ0v) is 6.69. The van der Waals surface area contributed by atoms with Crippen LogP contribution in [0, 0.1) is 5.92 Å². The highest BCUT2D eigenvalue weighted by Gasteiger charge is 2.10. The molecule has 0 aliphatic rings. The van der Waals surface area contributed by atoms with Crippen molar-refractivity contribution in [3.8, 4) is 0 Å². The molecule has 0 rings (SSSR count). The van der Waals surface area contributed by atoms with Gasteiger partial charge in [-0.15, -0.1) is 0 Å². The Hall–Kier alpha value is -0.110. The number of hydrogen-bond donors (Lipinski definition) is 0. The monoisotopic (exact) mass is 133 g/mol. The highest BCUT2D eigenvalue weighted by atomic mass is 19.1. The third kappa shape index (κ3) is 4.40. The molecular formula is C7H16FN. The molecule has 0 saturated heterocycles. The second-order valence-electron chi connectivity index (χ2n) is 2.92. The summed E-state index contributed by atoms with van der Waals surface area (Å²) in [4.78, 5) is 2.00. The van der Waals surface area contributed by atoms with Crippen LogP contribution in [0.5, 0.6) is 0 Å². The van der Waals surface area contributed by atoms with Gasteiger partial charge in [0.05, 0.1) is 0 Å². The quantitative estimate of drug-likeness (QED) is 0.564. The first-order valence-electron chi connectivity index (χ1n) is 3.33. The summed E-state index contributed by atoms with van der Waals surface area (Å²) < 4.78 is 12.4. The molecule has 0 spiro atoms. The molecule has 0 aliphatic carbocycles. The van der Waals surface area contributed by atoms with Gasteiger partial charge in [0.15, 0.2) is 0 Å². The van der Waals surface area contributed by atoms with E-state index >= 15 is 0 Å². The third-order valence-corrected chi connectivity index (χ3v) is 1.44. The van der Waals surface area contributed by atoms with Crippen molar-refractivity contribution < 1.29 is 4.39 Å². The van der Waals surface area contributed by atoms with Gasteiger partial charge in [-0.05, 0) is 26.9 Å². The minimum atomic E-state index is -0.688. The summed E-state index contributed by atoms with van der Waals surface area (Å²) in [5, 5.41) is 0. The van der Waals surface area contributed by atoms with Gasteiger partial charge in [-0.25, -0.2) is 4.39 Å². The molecule has 0 radical (unpaired) electrons. The zero-order valence-electron chi connectivity index (χ0n) is 6.69. The molecule has 0 aromatic heterocycles. The maximum absolute atomic E-state index is 12.4. The van der Waals surface area contributed by atoms with E-state index in [2.05, 4.69) is 0 Å². The van der Waals surface area contributed by atoms with Gasteiger partial charge >= 0.3 is 0 Å². The lowest BCUT2D eigenvalue weighted by atomic mass is 10.1. The van der Waals surface area contributed by atoms with E-state index in [1.807, 2.05) is 25.9 Å². The Morgan fingerprint density at radius 3 is 1.89 bits per heavy atom. The summed E-state index contributed by atoms with van der Waals surface area (Å²) in [7, 11) is 3.91. The lowest BCUT2D eigenvalue weighted by Crippen LogP contribution is -2.24. The SMILES string of the molecule is CC(F)C(C)CN(C)C. The molecule has 0 bridgehead atoms. The van der Waals surface area contributed by atoms with Gasteiger partial charge in [0, 0.05) is 6.54 Å². The number of hydrogen-bond acceptors (Lipinski definition) is 1. The minimum absolute atomic E-state index is 0.153. The fourth-order valence-corrected chi connectivity index (χ4v) is 0.721. The van der Waals surface area contributed by atoms with E-state index in [1.165, 1.54) is 0 Å². The van der Waals surface area contributed by atoms with Crippen molar-refractivity contribution in [3.05, 3.63) is 0 Å². The van der Waals surface area contributed by atoms with E-state index in [4.69, 9.17) is 0 Å². The Morgan fingerprint density at radius 1 is 1.33 bits per heavy atom. The van der Waals surface area contributed by atoms with Crippen molar-refractivity contribution in [1.82, 2.24) is 4.90 Å². The fraction of sp³-hybridized carbons (Fsp3) is 1.00. The van der Waals surface area contributed by atoms with Gasteiger partial charge < -0.3 is 4.90 Å². The smallest absolute Gasteiger partial charge is 0.101 e. The van der Waals surface area contributed by atoms with Crippen LogP contribution in [-0.4, -0.2) is 31.7 Å². The third-order valence-electron chi connectivity index (χ3n) is 1.44. The average molecular weight is 133 g/mol. The largest absolute Gasteiger partial charge is 0.309 e. The number of nitrogens with zero attached hydrogens (tertiary/aromatic N) is 1. The molecular weight excluding hydrogens is 117 g/mol. The van der Waals surface area contributed by atoms with Crippen molar-refractivity contribution in [2.45, 2.75) is 20.0 Å². The first-order valence-corrected chi connectivity index (χ1v) is 3.33. The summed E-state index contributed by atoms with van der Waals surface area (Å²) >= 11 is 0.